The predicted octanol–water partition coefficient (Wildman–Crippen LogP) is 1.50. The van der Waals surface area contributed by atoms with Crippen LogP contribution in [0.25, 0.3) is 5.82 Å². The van der Waals surface area contributed by atoms with Crippen molar-refractivity contribution < 1.29 is 14.3 Å². The van der Waals surface area contributed by atoms with Gasteiger partial charge in [-0.2, -0.15) is 9.67 Å². The summed E-state index contributed by atoms with van der Waals surface area (Å²) in [6.07, 6.45) is 1.97. The Labute approximate surface area is 208 Å². The third-order valence-corrected chi connectivity index (χ3v) is 6.24. The molecule has 2 aromatic heterocycles. The molecule has 1 aromatic carbocycles. The zero-order valence-corrected chi connectivity index (χ0v) is 20.2. The monoisotopic (exact) mass is 494 g/mol. The second-order valence-electron chi connectivity index (χ2n) is 8.51. The van der Waals surface area contributed by atoms with Crippen LogP contribution in [0.1, 0.15) is 6.42 Å². The number of carbonyl (C=O) groups is 1. The van der Waals surface area contributed by atoms with Crippen LogP contribution in [-0.2, 0) is 9.47 Å². The number of methoxy groups -OCH3 is 1. The Kier molecular flexibility index (Phi) is 6.98. The summed E-state index contributed by atoms with van der Waals surface area (Å²) in [6, 6.07) is 9.92. The van der Waals surface area contributed by atoms with Crippen LogP contribution in [0, 0.1) is 0 Å². The first-order chi connectivity index (χ1) is 17.6. The minimum absolute atomic E-state index is 0.208. The van der Waals surface area contributed by atoms with Crippen molar-refractivity contribution in [1.29, 1.82) is 0 Å². The minimum atomic E-state index is -0.314. The molecule has 3 aromatic rings. The molecule has 0 aliphatic carbocycles. The highest BCUT2D eigenvalue weighted by molar-refractivity contribution is 5.67. The number of rotatable bonds is 5. The maximum Gasteiger partial charge on any atom is 0.409 e. The lowest BCUT2D eigenvalue weighted by molar-refractivity contribution is 0.122. The number of benzene rings is 1. The molecule has 3 N–H and O–H groups in total. The van der Waals surface area contributed by atoms with Crippen LogP contribution >= 0.6 is 0 Å². The molecule has 13 heteroatoms. The van der Waals surface area contributed by atoms with E-state index < -0.39 is 0 Å². The molecule has 0 saturated carbocycles. The largest absolute Gasteiger partial charge is 0.453 e. The SMILES string of the molecule is COC(=O)N1CCCN(c2cc(-n3nc(Nc4ccc(N5CCOCC5)cc4)nc3N)ncn2)CC1. The lowest BCUT2D eigenvalue weighted by Gasteiger charge is -2.28. The van der Waals surface area contributed by atoms with Crippen LogP contribution in [0.15, 0.2) is 36.7 Å². The maximum atomic E-state index is 11.9. The molecule has 1 amide bonds. The Balaban J connectivity index is 1.27. The van der Waals surface area contributed by atoms with Gasteiger partial charge in [-0.25, -0.2) is 14.8 Å². The third kappa shape index (κ3) is 5.25. The van der Waals surface area contributed by atoms with E-state index in [2.05, 4.69) is 47.3 Å². The van der Waals surface area contributed by atoms with E-state index >= 15 is 0 Å². The van der Waals surface area contributed by atoms with Crippen molar-refractivity contribution in [3.63, 3.8) is 0 Å². The fraction of sp³-hybridized carbons (Fsp3) is 0.435. The summed E-state index contributed by atoms with van der Waals surface area (Å²) in [5, 5.41) is 7.71. The summed E-state index contributed by atoms with van der Waals surface area (Å²) in [5.41, 5.74) is 8.17. The number of carbonyl (C=O) groups excluding carboxylic acids is 1. The molecular formula is C23H30N10O3. The smallest absolute Gasteiger partial charge is 0.409 e. The van der Waals surface area contributed by atoms with Gasteiger partial charge in [-0.05, 0) is 30.7 Å². The quantitative estimate of drug-likeness (QED) is 0.533. The van der Waals surface area contributed by atoms with Crippen LogP contribution in [-0.4, -0.2) is 95.3 Å². The van der Waals surface area contributed by atoms with Crippen molar-refractivity contribution in [2.24, 2.45) is 0 Å². The Morgan fingerprint density at radius 1 is 1.00 bits per heavy atom. The van der Waals surface area contributed by atoms with Crippen molar-refractivity contribution in [2.45, 2.75) is 6.42 Å². The van der Waals surface area contributed by atoms with Crippen molar-refractivity contribution in [3.8, 4) is 5.82 Å². The Bertz CT molecular complexity index is 1180. The number of nitrogens with one attached hydrogen (secondary N) is 1. The molecule has 0 spiro atoms. The van der Waals surface area contributed by atoms with Gasteiger partial charge in [0.1, 0.15) is 12.1 Å². The van der Waals surface area contributed by atoms with Gasteiger partial charge in [-0.1, -0.05) is 0 Å². The van der Waals surface area contributed by atoms with Gasteiger partial charge in [-0.3, -0.25) is 0 Å². The van der Waals surface area contributed by atoms with Gasteiger partial charge < -0.3 is 35.2 Å². The number of ether oxygens (including phenoxy) is 2. The zero-order chi connectivity index (χ0) is 24.9. The van der Waals surface area contributed by atoms with Gasteiger partial charge in [0, 0.05) is 56.7 Å². The molecule has 36 heavy (non-hydrogen) atoms. The summed E-state index contributed by atoms with van der Waals surface area (Å²) < 4.78 is 11.8. The molecule has 2 fully saturated rings. The molecule has 0 unspecified atom stereocenters. The van der Waals surface area contributed by atoms with E-state index in [1.54, 1.807) is 4.90 Å². The average molecular weight is 495 g/mol. The van der Waals surface area contributed by atoms with Crippen LogP contribution in [0.2, 0.25) is 0 Å². The fourth-order valence-electron chi connectivity index (χ4n) is 4.34. The number of hydrogen-bond donors (Lipinski definition) is 2. The van der Waals surface area contributed by atoms with Crippen LogP contribution in [0.4, 0.5) is 33.9 Å². The highest BCUT2D eigenvalue weighted by atomic mass is 16.5. The first-order valence-electron chi connectivity index (χ1n) is 11.9. The molecule has 2 saturated heterocycles. The van der Waals surface area contributed by atoms with Crippen LogP contribution in [0.5, 0.6) is 0 Å². The van der Waals surface area contributed by atoms with Crippen molar-refractivity contribution >= 4 is 35.2 Å². The van der Waals surface area contributed by atoms with E-state index in [-0.39, 0.29) is 12.0 Å². The number of nitrogens with zero attached hydrogens (tertiary/aromatic N) is 8. The van der Waals surface area contributed by atoms with Crippen LogP contribution < -0.4 is 20.9 Å². The number of nitrogens with two attached hydrogens (primary N) is 1. The van der Waals surface area contributed by atoms with Gasteiger partial charge in [0.2, 0.25) is 11.9 Å². The third-order valence-electron chi connectivity index (χ3n) is 6.24. The molecule has 4 heterocycles. The number of nitrogen functional groups attached to an aromatic ring is 1. The van der Waals surface area contributed by atoms with E-state index in [9.17, 15) is 4.79 Å². The summed E-state index contributed by atoms with van der Waals surface area (Å²) in [4.78, 5) is 31.1. The molecule has 2 aliphatic rings. The minimum Gasteiger partial charge on any atom is -0.453 e. The number of aromatic nitrogens is 5. The summed E-state index contributed by atoms with van der Waals surface area (Å²) in [5.74, 6) is 1.82. The standard InChI is InChI=1S/C23H30N10O3/c1-35-23(34)32-8-2-7-31(9-10-32)19-15-20(26-16-25-19)33-21(24)28-22(29-33)27-17-3-5-18(6-4-17)30-11-13-36-14-12-30/h3-6,15-16H,2,7-14H2,1H3,(H3,24,27,28,29). The number of anilines is 5. The van der Waals surface area contributed by atoms with E-state index in [0.717, 1.165) is 56.5 Å². The topological polar surface area (TPSA) is 140 Å². The van der Waals surface area contributed by atoms with E-state index in [4.69, 9.17) is 15.2 Å². The van der Waals surface area contributed by atoms with E-state index in [1.807, 2.05) is 18.2 Å². The second-order valence-corrected chi connectivity index (χ2v) is 8.51. The fourth-order valence-corrected chi connectivity index (χ4v) is 4.34. The van der Waals surface area contributed by atoms with Gasteiger partial charge in [0.05, 0.1) is 20.3 Å². The highest BCUT2D eigenvalue weighted by Crippen LogP contribution is 2.23. The Hall–Kier alpha value is -4.13. The summed E-state index contributed by atoms with van der Waals surface area (Å²) >= 11 is 0. The molecule has 0 bridgehead atoms. The van der Waals surface area contributed by atoms with E-state index in [0.29, 0.717) is 31.4 Å². The van der Waals surface area contributed by atoms with Gasteiger partial charge in [-0.15, -0.1) is 5.10 Å². The predicted molar refractivity (Wildman–Crippen MR) is 135 cm³/mol. The molecule has 5 rings (SSSR count). The lowest BCUT2D eigenvalue weighted by Crippen LogP contribution is -2.36. The first-order valence-corrected chi connectivity index (χ1v) is 11.9. The average Bonchev–Trinajstić information content (AvgIpc) is 3.12. The van der Waals surface area contributed by atoms with Crippen molar-refractivity contribution in [1.82, 2.24) is 29.6 Å². The molecule has 190 valence electrons. The Morgan fingerprint density at radius 3 is 2.56 bits per heavy atom. The Morgan fingerprint density at radius 2 is 1.78 bits per heavy atom. The second kappa shape index (κ2) is 10.6. The molecule has 13 nitrogen and oxygen atoms in total. The van der Waals surface area contributed by atoms with Crippen LogP contribution in [0.3, 0.4) is 0 Å². The first kappa shape index (κ1) is 23.6. The van der Waals surface area contributed by atoms with Gasteiger partial charge in [0.25, 0.3) is 0 Å². The number of morpholine rings is 1. The normalized spacial score (nSPS) is 16.5. The van der Waals surface area contributed by atoms with Crippen molar-refractivity contribution in [2.75, 3.05) is 80.4 Å². The molecular weight excluding hydrogens is 464 g/mol. The lowest BCUT2D eigenvalue weighted by atomic mass is 10.2. The molecule has 0 radical (unpaired) electrons. The van der Waals surface area contributed by atoms with Gasteiger partial charge in [0.15, 0.2) is 5.82 Å². The maximum absolute atomic E-state index is 11.9. The van der Waals surface area contributed by atoms with Crippen molar-refractivity contribution in [3.05, 3.63) is 36.7 Å². The summed E-state index contributed by atoms with van der Waals surface area (Å²) in [6.45, 7) is 5.84. The number of amides is 1. The molecule has 2 aliphatic heterocycles. The summed E-state index contributed by atoms with van der Waals surface area (Å²) in [7, 11) is 1.40. The van der Waals surface area contributed by atoms with Gasteiger partial charge >= 0.3 is 6.09 Å². The number of hydrogen-bond acceptors (Lipinski definition) is 11. The van der Waals surface area contributed by atoms with E-state index in [1.165, 1.54) is 18.1 Å². The molecule has 0 atom stereocenters. The zero-order valence-electron chi connectivity index (χ0n) is 20.2. The highest BCUT2D eigenvalue weighted by Gasteiger charge is 2.21.